The molecule has 0 amide bonds. The second-order valence-corrected chi connectivity index (χ2v) is 12.0. The average Bonchev–Trinajstić information content (AvgIpc) is 2.61. The summed E-state index contributed by atoms with van der Waals surface area (Å²) >= 11 is 0. The van der Waals surface area contributed by atoms with E-state index >= 15 is 0 Å². The van der Waals surface area contributed by atoms with E-state index < -0.39 is 92.4 Å². The van der Waals surface area contributed by atoms with Gasteiger partial charge in [-0.1, -0.05) is 18.2 Å². The van der Waals surface area contributed by atoms with Crippen LogP contribution < -0.4 is 0 Å². The summed E-state index contributed by atoms with van der Waals surface area (Å²) in [6, 6.07) is 4.06. The molecule has 0 saturated carbocycles. The molecule has 12 nitrogen and oxygen atoms in total. The lowest BCUT2D eigenvalue weighted by Crippen LogP contribution is -2.09. The molecule has 4 rings (SSSR count). The normalized spacial score (nSPS) is 14.0. The Morgan fingerprint density at radius 2 is 0.719 bits per heavy atom. The van der Waals surface area contributed by atoms with Crippen LogP contribution in [0.5, 0.6) is 0 Å². The van der Waals surface area contributed by atoms with Crippen LogP contribution in [0.2, 0.25) is 0 Å². The molecule has 0 unspecified atom stereocenters. The van der Waals surface area contributed by atoms with Crippen LogP contribution in [0.15, 0.2) is 56.0 Å². The van der Waals surface area contributed by atoms with Gasteiger partial charge in [-0.15, -0.1) is 0 Å². The molecular formula is C16H6O12S4-4. The topological polar surface area (TPSA) is 229 Å². The molecule has 16 heteroatoms. The van der Waals surface area contributed by atoms with E-state index in [4.69, 9.17) is 0 Å². The smallest absolute Gasteiger partial charge is 0.125 e. The Morgan fingerprint density at radius 3 is 1.16 bits per heavy atom. The summed E-state index contributed by atoms with van der Waals surface area (Å²) < 4.78 is 141. The van der Waals surface area contributed by atoms with Crippen molar-refractivity contribution in [2.75, 3.05) is 0 Å². The maximum Gasteiger partial charge on any atom is 0.125 e. The fourth-order valence-corrected chi connectivity index (χ4v) is 6.54. The van der Waals surface area contributed by atoms with Crippen LogP contribution in [0.1, 0.15) is 0 Å². The van der Waals surface area contributed by atoms with Crippen molar-refractivity contribution < 1.29 is 51.9 Å². The highest BCUT2D eigenvalue weighted by Crippen LogP contribution is 2.44. The van der Waals surface area contributed by atoms with E-state index in [1.54, 1.807) is 0 Å². The summed E-state index contributed by atoms with van der Waals surface area (Å²) in [5, 5.41) is -3.17. The summed E-state index contributed by atoms with van der Waals surface area (Å²) in [6.07, 6.45) is 0. The van der Waals surface area contributed by atoms with Gasteiger partial charge in [0.2, 0.25) is 0 Å². The van der Waals surface area contributed by atoms with Crippen molar-refractivity contribution in [2.24, 2.45) is 0 Å². The van der Waals surface area contributed by atoms with Gasteiger partial charge < -0.3 is 18.2 Å². The molecule has 0 spiro atoms. The molecule has 0 saturated heterocycles. The van der Waals surface area contributed by atoms with Crippen LogP contribution in [-0.4, -0.2) is 51.9 Å². The first-order valence-electron chi connectivity index (χ1n) is 8.04. The first-order chi connectivity index (χ1) is 14.4. The van der Waals surface area contributed by atoms with Crippen LogP contribution in [0.4, 0.5) is 0 Å². The van der Waals surface area contributed by atoms with Gasteiger partial charge in [-0.2, -0.15) is 0 Å². The third-order valence-corrected chi connectivity index (χ3v) is 8.35. The number of rotatable bonds is 4. The van der Waals surface area contributed by atoms with Gasteiger partial charge in [-0.25, -0.2) is 33.7 Å². The predicted molar refractivity (Wildman–Crippen MR) is 102 cm³/mol. The van der Waals surface area contributed by atoms with Gasteiger partial charge in [0.05, 0.1) is 19.6 Å². The summed E-state index contributed by atoms with van der Waals surface area (Å²) in [6.45, 7) is 0. The van der Waals surface area contributed by atoms with E-state index in [1.165, 1.54) is 0 Å². The third-order valence-electron chi connectivity index (χ3n) is 4.82. The molecule has 32 heavy (non-hydrogen) atoms. The predicted octanol–water partition coefficient (Wildman–Crippen LogP) is 0.200. The van der Waals surface area contributed by atoms with Gasteiger partial charge in [-0.3, -0.25) is 0 Å². The van der Waals surface area contributed by atoms with Gasteiger partial charge >= 0.3 is 0 Å². The zero-order valence-electron chi connectivity index (χ0n) is 15.0. The van der Waals surface area contributed by atoms with Crippen molar-refractivity contribution in [3.05, 3.63) is 36.4 Å². The Labute approximate surface area is 180 Å². The minimum Gasteiger partial charge on any atom is -0.744 e. The van der Waals surface area contributed by atoms with Gasteiger partial charge in [0, 0.05) is 21.5 Å². The minimum absolute atomic E-state index is 0.235. The quantitative estimate of drug-likeness (QED) is 0.260. The van der Waals surface area contributed by atoms with Crippen molar-refractivity contribution in [2.45, 2.75) is 19.6 Å². The fraction of sp³-hybridized carbons (Fsp3) is 0. The molecule has 0 aromatic heterocycles. The molecule has 0 aliphatic heterocycles. The Kier molecular flexibility index (Phi) is 4.65. The zero-order chi connectivity index (χ0) is 24.0. The second kappa shape index (κ2) is 6.55. The van der Waals surface area contributed by atoms with E-state index in [9.17, 15) is 51.9 Å². The lowest BCUT2D eigenvalue weighted by atomic mass is 9.94. The lowest BCUT2D eigenvalue weighted by Gasteiger charge is -2.23. The molecule has 0 atom stereocenters. The van der Waals surface area contributed by atoms with Gasteiger partial charge in [0.1, 0.15) is 40.5 Å². The number of hydrogen-bond acceptors (Lipinski definition) is 12. The summed E-state index contributed by atoms with van der Waals surface area (Å²) in [5.74, 6) is 0. The molecule has 4 aromatic rings. The highest BCUT2D eigenvalue weighted by Gasteiger charge is 2.24. The molecule has 170 valence electrons. The Morgan fingerprint density at radius 1 is 0.406 bits per heavy atom. The zero-order valence-corrected chi connectivity index (χ0v) is 18.3. The van der Waals surface area contributed by atoms with Gasteiger partial charge in [0.25, 0.3) is 0 Å². The van der Waals surface area contributed by atoms with Crippen molar-refractivity contribution in [1.29, 1.82) is 0 Å². The van der Waals surface area contributed by atoms with Crippen molar-refractivity contribution in [3.63, 3.8) is 0 Å². The van der Waals surface area contributed by atoms with Crippen molar-refractivity contribution in [1.82, 2.24) is 0 Å². The van der Waals surface area contributed by atoms with E-state index in [1.807, 2.05) is 0 Å². The van der Waals surface area contributed by atoms with Crippen molar-refractivity contribution >= 4 is 72.8 Å². The summed E-state index contributed by atoms with van der Waals surface area (Å²) in [4.78, 5) is -4.43. The van der Waals surface area contributed by atoms with Crippen molar-refractivity contribution in [3.8, 4) is 0 Å². The van der Waals surface area contributed by atoms with E-state index in [2.05, 4.69) is 0 Å². The number of hydrogen-bond donors (Lipinski definition) is 0. The standard InChI is InChI=1S/C16H10O12S4/c17-29(18,19)11-4-3-9-12(30(20,21)22)5-10-14(32(26,27)28)6-13(31(23,24)25)8-2-1-7(11)15(9)16(8)10/h1-6H,(H,17,18,19)(H,20,21,22)(H,23,24,25)(H,26,27,28)/p-4. The average molecular weight is 518 g/mol. The Hall–Kier alpha value is -2.44. The lowest BCUT2D eigenvalue weighted by molar-refractivity contribution is 0.459. The molecule has 4 aromatic carbocycles. The Balaban J connectivity index is 2.54. The SMILES string of the molecule is O=S(=O)([O-])c1ccc2c(S(=O)(=O)[O-])cc3c(S(=O)(=O)[O-])cc(S(=O)(=O)[O-])c4ccc1c2c43. The minimum atomic E-state index is -5.54. The first-order valence-corrected chi connectivity index (χ1v) is 13.7. The molecule has 0 aliphatic carbocycles. The largest absolute Gasteiger partial charge is 0.744 e. The van der Waals surface area contributed by atoms with Crippen LogP contribution in [-0.2, 0) is 40.5 Å². The van der Waals surface area contributed by atoms with Crippen LogP contribution in [0.3, 0.4) is 0 Å². The number of benzene rings is 4. The van der Waals surface area contributed by atoms with Gasteiger partial charge in [0.15, 0.2) is 0 Å². The maximum absolute atomic E-state index is 11.8. The molecule has 0 N–H and O–H groups in total. The monoisotopic (exact) mass is 518 g/mol. The van der Waals surface area contributed by atoms with Crippen LogP contribution in [0.25, 0.3) is 32.3 Å². The third kappa shape index (κ3) is 3.41. The Bertz CT molecular complexity index is 1880. The summed E-state index contributed by atoms with van der Waals surface area (Å²) in [5.41, 5.74) is 0. The molecule has 0 heterocycles. The first kappa shape index (κ1) is 22.7. The molecule has 0 fully saturated rings. The van der Waals surface area contributed by atoms with Gasteiger partial charge in [-0.05, 0) is 29.0 Å². The molecule has 0 bridgehead atoms. The second-order valence-electron chi connectivity index (χ2n) is 6.63. The molecule has 0 aliphatic rings. The summed E-state index contributed by atoms with van der Waals surface area (Å²) in [7, 11) is -21.5. The van der Waals surface area contributed by atoms with Crippen LogP contribution >= 0.6 is 0 Å². The fourth-order valence-electron chi connectivity index (χ4n) is 3.70. The maximum atomic E-state index is 11.8. The van der Waals surface area contributed by atoms with E-state index in [-0.39, 0.29) is 6.07 Å². The highest BCUT2D eigenvalue weighted by atomic mass is 32.2. The molecular weight excluding hydrogens is 512 g/mol. The van der Waals surface area contributed by atoms with E-state index in [0.717, 1.165) is 24.3 Å². The van der Waals surface area contributed by atoms with Crippen LogP contribution in [0, 0.1) is 0 Å². The van der Waals surface area contributed by atoms with E-state index in [0.29, 0.717) is 6.07 Å². The highest BCUT2D eigenvalue weighted by molar-refractivity contribution is 7.87. The molecule has 0 radical (unpaired) electrons.